The van der Waals surface area contributed by atoms with Gasteiger partial charge < -0.3 is 44.8 Å². The molecule has 866 valence electrons. The molecule has 8 heterocycles. The number of carbonyl (C=O) groups is 2. The van der Waals surface area contributed by atoms with Crippen LogP contribution in [0.25, 0.3) is 34.1 Å². The number of halogens is 67. The Hall–Kier alpha value is -12.0. The minimum atomic E-state index is -2.66. The molecule has 86 heteroatoms. The number of nitrogens with one attached hydrogen (secondary N) is 1. The van der Waals surface area contributed by atoms with E-state index in [2.05, 4.69) is 75.3 Å². The van der Waals surface area contributed by atoms with Crippen LogP contribution >= 0.6 is 0 Å². The largest absolute Gasteiger partial charge is 0.477 e. The number of hydrogen-bond acceptors (Lipinski definition) is 15. The van der Waals surface area contributed by atoms with Gasteiger partial charge in [-0.25, -0.2) is 32.3 Å². The van der Waals surface area contributed by atoms with Crippen LogP contribution in [0, 0.1) is 13.8 Å². The molecule has 0 unspecified atom stereocenters. The Balaban J connectivity index is -0.0000000541. The van der Waals surface area contributed by atoms with Crippen LogP contribution in [0.15, 0.2) is 94.5 Å². The van der Waals surface area contributed by atoms with Crippen LogP contribution in [0.3, 0.4) is 0 Å². The maximum absolute atomic E-state index is 13.3. The van der Waals surface area contributed by atoms with E-state index in [9.17, 15) is 27.2 Å². The molecule has 1 amide bonds. The zero-order chi connectivity index (χ0) is 118. The molecule has 8 aromatic rings. The molecule has 12 rings (SSSR count). The molecule has 143 heavy (non-hydrogen) atoms. The molecule has 2 saturated heterocycles. The molecule has 4 N–H and O–H groups in total. The summed E-state index contributed by atoms with van der Waals surface area (Å²) in [5.41, 5.74) is 14.5. The summed E-state index contributed by atoms with van der Waals surface area (Å²) in [6, 6.07) is 18.8. The average Bonchev–Trinajstić information content (AvgIpc) is 1.72. The Bertz CT molecular complexity index is 3550. The van der Waals surface area contributed by atoms with Crippen molar-refractivity contribution in [1.82, 2.24) is 58.7 Å². The maximum atomic E-state index is 13.3. The van der Waals surface area contributed by atoms with E-state index in [1.54, 1.807) is 22.7 Å². The second-order valence-corrected chi connectivity index (χ2v) is 21.3. The highest BCUT2D eigenvalue weighted by molar-refractivity contribution is 6.04. The normalized spacial score (nSPS) is 11.3. The first-order chi connectivity index (χ1) is 68.8. The number of nitrogen functional groups attached to an aromatic ring is 1. The molecule has 0 bridgehead atoms. The van der Waals surface area contributed by atoms with Crippen molar-refractivity contribution in [2.75, 3.05) is 90.6 Å². The van der Waals surface area contributed by atoms with Crippen LogP contribution in [-0.4, -0.2) is 167 Å². The zero-order valence-corrected chi connectivity index (χ0v) is 68.4. The summed E-state index contributed by atoms with van der Waals surface area (Å²) in [6.07, 6.45) is 7.69. The minimum absolute atomic E-state index is 0. The number of benzene rings is 2. The molecular weight excluding hydrogens is 2230 g/mol. The number of aromatic nitrogens is 8. The lowest BCUT2D eigenvalue weighted by Gasteiger charge is -2.32. The number of aryl methyl sites for hydroxylation is 2. The van der Waals surface area contributed by atoms with Gasteiger partial charge in [-0.2, -0.15) is 9.97 Å². The number of pyridine rings is 2. The number of carboxylic acids is 1. The van der Waals surface area contributed by atoms with Crippen molar-refractivity contribution >= 4 is 34.5 Å². The molecular formula is C57H69F67N14O5. The molecule has 0 spiro atoms. The van der Waals surface area contributed by atoms with E-state index in [1.807, 2.05) is 73.1 Å². The summed E-state index contributed by atoms with van der Waals surface area (Å²) >= 11 is 0. The third-order valence-corrected chi connectivity index (χ3v) is 15.3. The Labute approximate surface area is 750 Å². The first-order valence-corrected chi connectivity index (χ1v) is 30.9. The first-order valence-electron chi connectivity index (χ1n) is 30.9. The number of rotatable bonds is 13. The average molecular weight is 2300 g/mol. The SMILES string of the molecule is C.CN1CCN(CCc2ccc3ncc(C(=O)O)n3c2)CC1.Cc1ccc(-c2noc(C3CC(F)(F)C3)n2)cc1N.Cc1ccc(-c2noc(C3CC(F)(F)C3)n2)cc1NC(=O)c1cnc2ccc(CCN3CCN(C)CC3)cn12.F.FF.FF.FF.FF.FF.FF.FF.FF.FF.FF.FF.FF.FF.FF.FF.FF.FF.FF.FF.FF.FF.FF.FF.FF.FF.FF.FF.FF.FF.FF.FF. The highest BCUT2D eigenvalue weighted by Crippen LogP contribution is 2.49. The van der Waals surface area contributed by atoms with Gasteiger partial charge in [0.2, 0.25) is 35.3 Å². The van der Waals surface area contributed by atoms with E-state index in [0.29, 0.717) is 45.6 Å². The van der Waals surface area contributed by atoms with Gasteiger partial charge in [0, 0.05) is 421 Å². The van der Waals surface area contributed by atoms with Gasteiger partial charge in [-0.05, 0) is 87.3 Å². The summed E-state index contributed by atoms with van der Waals surface area (Å²) in [4.78, 5) is 51.1. The molecule has 4 fully saturated rings. The Morgan fingerprint density at radius 1 is 0.378 bits per heavy atom. The molecule has 19 nitrogen and oxygen atoms in total. The lowest BCUT2D eigenvalue weighted by atomic mass is 9.81. The topological polar surface area (TPSA) is 218 Å². The lowest BCUT2D eigenvalue weighted by Crippen LogP contribution is -2.45. The van der Waals surface area contributed by atoms with Crippen LogP contribution in [0.5, 0.6) is 0 Å². The number of imidazole rings is 2. The standard InChI is InChI=1S/C28H31F2N7O2.C15H20N4O2.C13H13F2N3O.CH4.31F2.FH/c1-18-3-5-20(25-33-27(39-34-25)21-14-28(29,30)15-21)13-22(18)32-26(38)23-16-31-24-6-4-19(17-37(23)24)7-8-36-11-9-35(2)10-12-36;1-17-6-8-18(9-7-17)5-4-12-2-3-14-16-10-13(15(20)21)19(14)11-12;1-7-2-3-8(4-10(7)16)11-17-12(19-18-11)9-5-13(14,15)6-9;;31*1-2;/h3-6,13,16-17,21H,7-12,14-15H2,1-2H3,(H,32,38);2-3,10-11H,4-9H2,1H3,(H,20,21);2-4,9H,5-6,16H2,1H3;1H4;;;;;;;;;;;;;;;;;;;;;;;;;;;;;;;;1H. The van der Waals surface area contributed by atoms with Crippen LogP contribution in [-0.2, 0) is 12.8 Å². The number of anilines is 2. The van der Waals surface area contributed by atoms with Crippen LogP contribution < -0.4 is 11.1 Å². The molecule has 2 aliphatic carbocycles. The second kappa shape index (κ2) is 158. The fraction of sp³-hybridized carbons (Fsp3) is 0.439. The van der Waals surface area contributed by atoms with Crippen LogP contribution in [0.1, 0.15) is 100.0 Å². The van der Waals surface area contributed by atoms with Gasteiger partial charge in [-0.3, -0.25) is 18.3 Å². The summed E-state index contributed by atoms with van der Waals surface area (Å²) in [7, 11) is 4.30. The van der Waals surface area contributed by atoms with Gasteiger partial charge in [0.05, 0.1) is 12.4 Å². The predicted molar refractivity (Wildman–Crippen MR) is 366 cm³/mol. The number of hydrogen-bond donors (Lipinski definition) is 3. The van der Waals surface area contributed by atoms with Crippen molar-refractivity contribution in [3.8, 4) is 22.8 Å². The Kier molecular flexibility index (Phi) is 214. The number of likely N-dealkylation sites (N-methyl/N-ethyl adjacent to an activating group) is 2. The van der Waals surface area contributed by atoms with E-state index in [4.69, 9.17) is 303 Å². The summed E-state index contributed by atoms with van der Waals surface area (Å²) in [6.45, 7) is 14.5. The molecule has 0 atom stereocenters. The number of fused-ring (bicyclic) bond motifs is 2. The highest BCUT2D eigenvalue weighted by Gasteiger charge is 2.49. The molecule has 2 saturated carbocycles. The molecule has 4 aliphatic rings. The number of aromatic carboxylic acids is 1. The smallest absolute Gasteiger partial charge is 0.354 e. The van der Waals surface area contributed by atoms with E-state index >= 15 is 0 Å². The Morgan fingerprint density at radius 2 is 0.629 bits per heavy atom. The van der Waals surface area contributed by atoms with E-state index in [0.717, 1.165) is 106 Å². The molecule has 2 aliphatic heterocycles. The highest BCUT2D eigenvalue weighted by atomic mass is 20.1. The lowest BCUT2D eigenvalue weighted by molar-refractivity contribution is -0.0930. The fourth-order valence-corrected chi connectivity index (χ4v) is 9.96. The number of amides is 1. The van der Waals surface area contributed by atoms with Gasteiger partial charge in [0.15, 0.2) is 5.69 Å². The summed E-state index contributed by atoms with van der Waals surface area (Å²) in [5.74, 6) is -6.06. The third-order valence-electron chi connectivity index (χ3n) is 15.3. The number of carbonyl (C=O) groups excluding carboxylic acids is 1. The number of alkyl halides is 4. The summed E-state index contributed by atoms with van der Waals surface area (Å²) < 4.78 is 562. The minimum Gasteiger partial charge on any atom is -0.477 e. The van der Waals surface area contributed by atoms with Crippen molar-refractivity contribution in [1.29, 1.82) is 0 Å². The first kappa shape index (κ1) is 193. The molecule has 2 aromatic carbocycles. The van der Waals surface area contributed by atoms with Crippen molar-refractivity contribution in [3.63, 3.8) is 0 Å². The van der Waals surface area contributed by atoms with Gasteiger partial charge in [-0.1, -0.05) is 54.1 Å². The number of carboxylic acid groups (broad SMARTS) is 1. The van der Waals surface area contributed by atoms with Crippen molar-refractivity contribution < 1.29 is 330 Å². The number of piperazine rings is 2. The maximum Gasteiger partial charge on any atom is 0.354 e. The van der Waals surface area contributed by atoms with E-state index < -0.39 is 23.7 Å². The zero-order valence-electron chi connectivity index (χ0n) is 68.4. The monoisotopic (exact) mass is 2300 g/mol. The predicted octanol–water partition coefficient (Wildman–Crippen LogP) is 35.1. The molecule has 6 aromatic heterocycles. The van der Waals surface area contributed by atoms with Crippen LogP contribution in [0.4, 0.5) is 317 Å². The third kappa shape index (κ3) is 89.8. The van der Waals surface area contributed by atoms with Gasteiger partial charge in [0.1, 0.15) is 17.0 Å². The van der Waals surface area contributed by atoms with Gasteiger partial charge >= 0.3 is 5.97 Å². The second-order valence-electron chi connectivity index (χ2n) is 21.3. The van der Waals surface area contributed by atoms with Crippen molar-refractivity contribution in [3.05, 3.63) is 131 Å². The van der Waals surface area contributed by atoms with Crippen LogP contribution in [0.2, 0.25) is 0 Å². The van der Waals surface area contributed by atoms with Crippen molar-refractivity contribution in [2.24, 2.45) is 0 Å². The Morgan fingerprint density at radius 3 is 0.888 bits per heavy atom. The van der Waals surface area contributed by atoms with Crippen molar-refractivity contribution in [2.45, 2.75) is 83.5 Å². The summed E-state index contributed by atoms with van der Waals surface area (Å²) in [5, 5.41) is 19.9. The number of nitrogens with zero attached hydrogens (tertiary/aromatic N) is 12. The van der Waals surface area contributed by atoms with Gasteiger partial charge in [-0.15, -0.1) is 0 Å². The quantitative estimate of drug-likeness (QED) is 0.0722. The molecule has 0 radical (unpaired) electrons. The number of nitrogens with two attached hydrogens (primary N) is 1. The van der Waals surface area contributed by atoms with Gasteiger partial charge in [0.25, 0.3) is 5.91 Å². The fourth-order valence-electron chi connectivity index (χ4n) is 9.96. The van der Waals surface area contributed by atoms with E-state index in [-0.39, 0.29) is 67.1 Å². The van der Waals surface area contributed by atoms with E-state index in [1.165, 1.54) is 6.20 Å².